The Labute approximate surface area is 278 Å². The van der Waals surface area contributed by atoms with Crippen molar-refractivity contribution in [1.82, 2.24) is 0 Å². The monoisotopic (exact) mass is 650 g/mol. The van der Waals surface area contributed by atoms with E-state index in [0.29, 0.717) is 6.42 Å². The zero-order valence-corrected chi connectivity index (χ0v) is 26.4. The molecule has 9 heteroatoms. The van der Waals surface area contributed by atoms with E-state index >= 15 is 0 Å². The van der Waals surface area contributed by atoms with Crippen LogP contribution in [0.4, 0.5) is 0 Å². The van der Waals surface area contributed by atoms with Gasteiger partial charge >= 0.3 is 17.9 Å². The molecule has 3 unspecified atom stereocenters. The molecule has 0 radical (unpaired) electrons. The number of benzene rings is 3. The molecule has 0 spiro atoms. The van der Waals surface area contributed by atoms with Gasteiger partial charge in [0.1, 0.15) is 17.3 Å². The smallest absolute Gasteiger partial charge is 0.327 e. The van der Waals surface area contributed by atoms with Crippen LogP contribution in [0.2, 0.25) is 0 Å². The molecule has 0 heterocycles. The minimum absolute atomic E-state index is 0.285. The third-order valence-corrected chi connectivity index (χ3v) is 8.47. The summed E-state index contributed by atoms with van der Waals surface area (Å²) in [6.45, 7) is 11.0. The van der Waals surface area contributed by atoms with Gasteiger partial charge in [-0.05, 0) is 58.0 Å². The van der Waals surface area contributed by atoms with Crippen molar-refractivity contribution in [1.29, 1.82) is 0 Å². The van der Waals surface area contributed by atoms with Crippen molar-refractivity contribution in [3.8, 4) is 0 Å². The summed E-state index contributed by atoms with van der Waals surface area (Å²) in [4.78, 5) is 27.8. The maximum atomic E-state index is 11.4. The zero-order chi connectivity index (χ0) is 35.6. The average Bonchev–Trinajstić information content (AvgIpc) is 3.72. The molecule has 0 bridgehead atoms. The molecule has 6 rings (SSSR count). The fraction of sp³-hybridized carbons (Fsp3) is 0.154. The van der Waals surface area contributed by atoms with E-state index < -0.39 is 23.3 Å². The number of carboxylic acid groups (broad SMARTS) is 3. The topological polar surface area (TPSA) is 173 Å². The highest BCUT2D eigenvalue weighted by atomic mass is 16.4. The minimum atomic E-state index is -0.981. The standard InChI is InChI=1S/C30H26O3.3C3H4O2/c1-2-30(27-21-12-6-3-9-18(21)15-24(27)31,28-22-13-7-4-10-19(22)16-25(28)32)29-23-14-8-5-11-20(23)17-26(29)33;3*1-2-3(4)5/h3-17,27-29,31-33H,2H2,1H3;3*2H,1H2,(H,4,5). The lowest BCUT2D eigenvalue weighted by Gasteiger charge is -2.48. The van der Waals surface area contributed by atoms with Gasteiger partial charge in [0, 0.05) is 41.4 Å². The van der Waals surface area contributed by atoms with Crippen molar-refractivity contribution < 1.29 is 45.0 Å². The summed E-state index contributed by atoms with van der Waals surface area (Å²) in [7, 11) is 0. The number of carbonyl (C=O) groups is 3. The molecule has 0 aliphatic heterocycles. The molecule has 0 fully saturated rings. The van der Waals surface area contributed by atoms with Gasteiger partial charge in [-0.25, -0.2) is 14.4 Å². The van der Waals surface area contributed by atoms with Crippen LogP contribution in [0, 0.1) is 5.41 Å². The zero-order valence-electron chi connectivity index (χ0n) is 26.4. The molecule has 248 valence electrons. The second-order valence-electron chi connectivity index (χ2n) is 11.0. The molecular weight excluding hydrogens is 612 g/mol. The van der Waals surface area contributed by atoms with Gasteiger partial charge in [-0.15, -0.1) is 0 Å². The third kappa shape index (κ3) is 7.47. The van der Waals surface area contributed by atoms with Gasteiger partial charge in [-0.2, -0.15) is 0 Å². The second-order valence-corrected chi connectivity index (χ2v) is 11.0. The van der Waals surface area contributed by atoms with Crippen LogP contribution in [0.3, 0.4) is 0 Å². The van der Waals surface area contributed by atoms with Crippen LogP contribution < -0.4 is 0 Å². The van der Waals surface area contributed by atoms with Gasteiger partial charge in [0.25, 0.3) is 0 Å². The highest BCUT2D eigenvalue weighted by molar-refractivity contribution is 5.79. The van der Waals surface area contributed by atoms with Crippen molar-refractivity contribution >= 4 is 36.1 Å². The van der Waals surface area contributed by atoms with E-state index in [4.69, 9.17) is 15.3 Å². The Morgan fingerprint density at radius 3 is 1.00 bits per heavy atom. The molecule has 6 N–H and O–H groups in total. The van der Waals surface area contributed by atoms with E-state index in [2.05, 4.69) is 44.9 Å². The summed E-state index contributed by atoms with van der Waals surface area (Å²) in [6, 6.07) is 24.1. The summed E-state index contributed by atoms with van der Waals surface area (Å²) in [6.07, 6.45) is 8.66. The first-order chi connectivity index (χ1) is 22.9. The average molecular weight is 651 g/mol. The summed E-state index contributed by atoms with van der Waals surface area (Å²) in [5.74, 6) is -3.22. The Balaban J connectivity index is 0.000000352. The molecule has 0 saturated heterocycles. The number of hydrogen-bond donors (Lipinski definition) is 6. The van der Waals surface area contributed by atoms with Crippen molar-refractivity contribution in [2.24, 2.45) is 5.41 Å². The van der Waals surface area contributed by atoms with Crippen LogP contribution in [-0.2, 0) is 14.4 Å². The Morgan fingerprint density at radius 2 is 0.792 bits per heavy atom. The van der Waals surface area contributed by atoms with Crippen molar-refractivity contribution in [3.63, 3.8) is 0 Å². The van der Waals surface area contributed by atoms with Crippen LogP contribution in [0.15, 0.2) is 128 Å². The molecule has 9 nitrogen and oxygen atoms in total. The molecule has 48 heavy (non-hydrogen) atoms. The summed E-state index contributed by atoms with van der Waals surface area (Å²) < 4.78 is 0. The quantitative estimate of drug-likeness (QED) is 0.138. The highest BCUT2D eigenvalue weighted by Crippen LogP contribution is 2.67. The first kappa shape index (κ1) is 36.4. The van der Waals surface area contributed by atoms with Crippen LogP contribution >= 0.6 is 0 Å². The lowest BCUT2D eigenvalue weighted by Crippen LogP contribution is -2.41. The number of rotatable bonds is 7. The number of fused-ring (bicyclic) bond motifs is 3. The maximum Gasteiger partial charge on any atom is 0.327 e. The minimum Gasteiger partial charge on any atom is -0.512 e. The highest BCUT2D eigenvalue weighted by Gasteiger charge is 2.59. The van der Waals surface area contributed by atoms with Gasteiger partial charge in [0.05, 0.1) is 0 Å². The van der Waals surface area contributed by atoms with E-state index in [9.17, 15) is 29.7 Å². The van der Waals surface area contributed by atoms with E-state index in [1.807, 2.05) is 72.8 Å². The molecule has 3 atom stereocenters. The lowest BCUT2D eigenvalue weighted by atomic mass is 9.53. The van der Waals surface area contributed by atoms with Gasteiger partial charge in [0.15, 0.2) is 0 Å². The van der Waals surface area contributed by atoms with Crippen molar-refractivity contribution in [2.45, 2.75) is 31.1 Å². The number of hydrogen-bond acceptors (Lipinski definition) is 6. The predicted molar refractivity (Wildman–Crippen MR) is 186 cm³/mol. The van der Waals surface area contributed by atoms with Crippen LogP contribution in [0.5, 0.6) is 0 Å². The molecule has 3 aliphatic carbocycles. The van der Waals surface area contributed by atoms with E-state index in [-0.39, 0.29) is 35.0 Å². The fourth-order valence-corrected chi connectivity index (χ4v) is 6.73. The molecule has 3 aliphatic rings. The second kappa shape index (κ2) is 16.0. The molecule has 3 aromatic rings. The fourth-order valence-electron chi connectivity index (χ4n) is 6.73. The predicted octanol–water partition coefficient (Wildman–Crippen LogP) is 8.24. The van der Waals surface area contributed by atoms with E-state index in [1.165, 1.54) is 0 Å². The number of allylic oxidation sites excluding steroid dienone is 3. The Morgan fingerprint density at radius 1 is 0.562 bits per heavy atom. The van der Waals surface area contributed by atoms with Gasteiger partial charge < -0.3 is 30.6 Å². The lowest BCUT2D eigenvalue weighted by molar-refractivity contribution is -0.132. The number of aliphatic hydroxyl groups is 3. The van der Waals surface area contributed by atoms with Crippen molar-refractivity contribution in [2.75, 3.05) is 0 Å². The molecule has 0 saturated carbocycles. The first-order valence-corrected chi connectivity index (χ1v) is 14.9. The van der Waals surface area contributed by atoms with Crippen molar-refractivity contribution in [3.05, 3.63) is 161 Å². The Bertz CT molecular complexity index is 1600. The van der Waals surface area contributed by atoms with Gasteiger partial charge in [-0.3, -0.25) is 0 Å². The van der Waals surface area contributed by atoms with E-state index in [0.717, 1.165) is 51.6 Å². The van der Waals surface area contributed by atoms with Crippen LogP contribution in [-0.4, -0.2) is 48.5 Å². The SMILES string of the molecule is C=CC(=O)O.C=CC(=O)O.C=CC(=O)O.CCC(C1C(O)=Cc2ccccc21)(C1C(O)=Cc2ccccc21)C1C(O)=Cc2ccccc21. The van der Waals surface area contributed by atoms with Gasteiger partial charge in [-0.1, -0.05) is 99.5 Å². The number of aliphatic hydroxyl groups excluding tert-OH is 3. The molecular formula is C39H38O9. The molecule has 0 amide bonds. The largest absolute Gasteiger partial charge is 0.512 e. The summed E-state index contributed by atoms with van der Waals surface area (Å²) in [5.41, 5.74) is 5.34. The Hall–Kier alpha value is -6.09. The van der Waals surface area contributed by atoms with Crippen LogP contribution in [0.1, 0.15) is 64.5 Å². The maximum absolute atomic E-state index is 11.4. The Kier molecular flexibility index (Phi) is 12.1. The summed E-state index contributed by atoms with van der Waals surface area (Å²) >= 11 is 0. The van der Waals surface area contributed by atoms with Crippen LogP contribution in [0.25, 0.3) is 18.2 Å². The summed E-state index contributed by atoms with van der Waals surface area (Å²) in [5, 5.41) is 57.1. The third-order valence-electron chi connectivity index (χ3n) is 8.47. The first-order valence-electron chi connectivity index (χ1n) is 14.9. The number of aliphatic carboxylic acids is 3. The van der Waals surface area contributed by atoms with Gasteiger partial charge in [0.2, 0.25) is 0 Å². The number of carboxylic acids is 3. The molecule has 0 aromatic heterocycles. The molecule has 3 aromatic carbocycles. The normalized spacial score (nSPS) is 18.7. The van der Waals surface area contributed by atoms with E-state index in [1.54, 1.807) is 0 Å².